The molecule has 1 amide bonds. The highest BCUT2D eigenvalue weighted by Gasteiger charge is 2.04. The standard InChI is InChI=1S/C8H17NO3/c1-3-4-12-6-8(11)9-7(2)5-10/h7,10H,3-6H2,1-2H3,(H,9,11)/t7-/m0/s1. The summed E-state index contributed by atoms with van der Waals surface area (Å²) in [5.74, 6) is -0.176. The van der Waals surface area contributed by atoms with Gasteiger partial charge in [0.15, 0.2) is 0 Å². The van der Waals surface area contributed by atoms with E-state index in [4.69, 9.17) is 9.84 Å². The van der Waals surface area contributed by atoms with E-state index < -0.39 is 0 Å². The maximum Gasteiger partial charge on any atom is 0.246 e. The monoisotopic (exact) mass is 175 g/mol. The first-order chi connectivity index (χ1) is 5.70. The van der Waals surface area contributed by atoms with Gasteiger partial charge in [-0.1, -0.05) is 6.92 Å². The van der Waals surface area contributed by atoms with Gasteiger partial charge in [-0.05, 0) is 13.3 Å². The first-order valence-electron chi connectivity index (χ1n) is 4.18. The fraction of sp³-hybridized carbons (Fsp3) is 0.875. The molecule has 0 spiro atoms. The molecule has 0 aromatic rings. The molecule has 0 aliphatic heterocycles. The molecule has 0 aliphatic rings. The van der Waals surface area contributed by atoms with Crippen molar-refractivity contribution in [3.8, 4) is 0 Å². The predicted octanol–water partition coefficient (Wildman–Crippen LogP) is -0.0900. The number of nitrogens with one attached hydrogen (secondary N) is 1. The van der Waals surface area contributed by atoms with Crippen LogP contribution in [0.4, 0.5) is 0 Å². The third kappa shape index (κ3) is 6.12. The second-order valence-electron chi connectivity index (χ2n) is 2.70. The van der Waals surface area contributed by atoms with Gasteiger partial charge in [0.25, 0.3) is 0 Å². The average molecular weight is 175 g/mol. The number of ether oxygens (including phenoxy) is 1. The molecule has 4 heteroatoms. The minimum Gasteiger partial charge on any atom is -0.394 e. The normalized spacial score (nSPS) is 12.6. The lowest BCUT2D eigenvalue weighted by molar-refractivity contribution is -0.126. The molecule has 72 valence electrons. The summed E-state index contributed by atoms with van der Waals surface area (Å²) in [5.41, 5.74) is 0. The molecule has 0 aliphatic carbocycles. The third-order valence-electron chi connectivity index (χ3n) is 1.26. The molecule has 0 fully saturated rings. The third-order valence-corrected chi connectivity index (χ3v) is 1.26. The Kier molecular flexibility index (Phi) is 6.70. The Balaban J connectivity index is 3.33. The van der Waals surface area contributed by atoms with Gasteiger partial charge in [-0.3, -0.25) is 4.79 Å². The lowest BCUT2D eigenvalue weighted by Gasteiger charge is -2.10. The molecule has 1 atom stereocenters. The van der Waals surface area contributed by atoms with Crippen molar-refractivity contribution < 1.29 is 14.6 Å². The van der Waals surface area contributed by atoms with E-state index in [1.54, 1.807) is 6.92 Å². The van der Waals surface area contributed by atoms with Gasteiger partial charge in [0, 0.05) is 12.6 Å². The maximum atomic E-state index is 10.9. The summed E-state index contributed by atoms with van der Waals surface area (Å²) in [6.07, 6.45) is 0.906. The van der Waals surface area contributed by atoms with E-state index in [0.717, 1.165) is 6.42 Å². The van der Waals surface area contributed by atoms with Gasteiger partial charge in [-0.2, -0.15) is 0 Å². The minimum absolute atomic E-state index is 0.0421. The van der Waals surface area contributed by atoms with Gasteiger partial charge in [-0.25, -0.2) is 0 Å². The average Bonchev–Trinajstić information content (AvgIpc) is 2.05. The van der Waals surface area contributed by atoms with Crippen LogP contribution in [0, 0.1) is 0 Å². The second kappa shape index (κ2) is 7.06. The van der Waals surface area contributed by atoms with Crippen molar-refractivity contribution in [3.05, 3.63) is 0 Å². The largest absolute Gasteiger partial charge is 0.394 e. The fourth-order valence-electron chi connectivity index (χ4n) is 0.671. The van der Waals surface area contributed by atoms with Gasteiger partial charge in [0.05, 0.1) is 6.61 Å². The summed E-state index contributed by atoms with van der Waals surface area (Å²) in [4.78, 5) is 10.9. The van der Waals surface area contributed by atoms with Gasteiger partial charge >= 0.3 is 0 Å². The van der Waals surface area contributed by atoms with Crippen LogP contribution in [0.25, 0.3) is 0 Å². The molecule has 0 heterocycles. The highest BCUT2D eigenvalue weighted by Crippen LogP contribution is 1.82. The number of hydrogen-bond acceptors (Lipinski definition) is 3. The molecule has 0 radical (unpaired) electrons. The number of aliphatic hydroxyl groups excluding tert-OH is 1. The number of carbonyl (C=O) groups is 1. The van der Waals surface area contributed by atoms with Crippen LogP contribution in [0.1, 0.15) is 20.3 Å². The lowest BCUT2D eigenvalue weighted by Crippen LogP contribution is -2.37. The SMILES string of the molecule is CCCOCC(=O)N[C@@H](C)CO. The molecule has 2 N–H and O–H groups in total. The van der Waals surface area contributed by atoms with Crippen molar-refractivity contribution in [1.82, 2.24) is 5.32 Å². The number of carbonyl (C=O) groups excluding carboxylic acids is 1. The molecule has 0 aromatic carbocycles. The van der Waals surface area contributed by atoms with E-state index >= 15 is 0 Å². The topological polar surface area (TPSA) is 58.6 Å². The zero-order valence-electron chi connectivity index (χ0n) is 7.67. The number of amides is 1. The number of hydrogen-bond donors (Lipinski definition) is 2. The molecule has 0 rings (SSSR count). The molecule has 12 heavy (non-hydrogen) atoms. The quantitative estimate of drug-likeness (QED) is 0.555. The van der Waals surface area contributed by atoms with Crippen LogP contribution in [0.15, 0.2) is 0 Å². The van der Waals surface area contributed by atoms with Crippen LogP contribution < -0.4 is 5.32 Å². The summed E-state index contributed by atoms with van der Waals surface area (Å²) < 4.78 is 5.00. The molecule has 0 bridgehead atoms. The summed E-state index contributed by atoms with van der Waals surface area (Å²) >= 11 is 0. The molecular weight excluding hydrogens is 158 g/mol. The van der Waals surface area contributed by atoms with Gasteiger partial charge in [0.1, 0.15) is 6.61 Å². The zero-order chi connectivity index (χ0) is 9.40. The van der Waals surface area contributed by atoms with Crippen LogP contribution in [0.3, 0.4) is 0 Å². The highest BCUT2D eigenvalue weighted by molar-refractivity contribution is 5.77. The second-order valence-corrected chi connectivity index (χ2v) is 2.70. The van der Waals surface area contributed by atoms with Crippen molar-refractivity contribution in [2.24, 2.45) is 0 Å². The Morgan fingerprint density at radius 2 is 2.33 bits per heavy atom. The van der Waals surface area contributed by atoms with Gasteiger partial charge in [0.2, 0.25) is 5.91 Å². The lowest BCUT2D eigenvalue weighted by atomic mass is 10.3. The summed E-state index contributed by atoms with van der Waals surface area (Å²) in [6, 6.07) is -0.192. The molecule has 0 unspecified atom stereocenters. The van der Waals surface area contributed by atoms with E-state index in [1.807, 2.05) is 6.92 Å². The molecule has 0 aromatic heterocycles. The van der Waals surface area contributed by atoms with E-state index in [-0.39, 0.29) is 25.2 Å². The fourth-order valence-corrected chi connectivity index (χ4v) is 0.671. The van der Waals surface area contributed by atoms with Crippen molar-refractivity contribution in [1.29, 1.82) is 0 Å². The van der Waals surface area contributed by atoms with Crippen LogP contribution in [-0.4, -0.2) is 36.9 Å². The number of aliphatic hydroxyl groups is 1. The Bertz CT molecular complexity index is 127. The Hall–Kier alpha value is -0.610. The summed E-state index contributed by atoms with van der Waals surface area (Å²) in [7, 11) is 0. The van der Waals surface area contributed by atoms with E-state index in [1.165, 1.54) is 0 Å². The van der Waals surface area contributed by atoms with Crippen molar-refractivity contribution in [3.63, 3.8) is 0 Å². The van der Waals surface area contributed by atoms with Crippen LogP contribution in [0.2, 0.25) is 0 Å². The van der Waals surface area contributed by atoms with Crippen molar-refractivity contribution in [2.45, 2.75) is 26.3 Å². The van der Waals surface area contributed by atoms with Crippen LogP contribution in [-0.2, 0) is 9.53 Å². The maximum absolute atomic E-state index is 10.9. The first-order valence-corrected chi connectivity index (χ1v) is 4.18. The predicted molar refractivity (Wildman–Crippen MR) is 45.8 cm³/mol. The summed E-state index contributed by atoms with van der Waals surface area (Å²) in [5, 5.41) is 11.2. The van der Waals surface area contributed by atoms with E-state index in [2.05, 4.69) is 5.32 Å². The number of rotatable bonds is 6. The molecule has 0 saturated carbocycles. The van der Waals surface area contributed by atoms with Crippen LogP contribution >= 0.6 is 0 Å². The van der Waals surface area contributed by atoms with Crippen molar-refractivity contribution in [2.75, 3.05) is 19.8 Å². The molecule has 4 nitrogen and oxygen atoms in total. The van der Waals surface area contributed by atoms with E-state index in [9.17, 15) is 4.79 Å². The van der Waals surface area contributed by atoms with Crippen molar-refractivity contribution >= 4 is 5.91 Å². The van der Waals surface area contributed by atoms with E-state index in [0.29, 0.717) is 6.61 Å². The van der Waals surface area contributed by atoms with Gasteiger partial charge in [-0.15, -0.1) is 0 Å². The summed E-state index contributed by atoms with van der Waals surface area (Å²) in [6.45, 7) is 4.35. The highest BCUT2D eigenvalue weighted by atomic mass is 16.5. The first kappa shape index (κ1) is 11.4. The van der Waals surface area contributed by atoms with Crippen LogP contribution in [0.5, 0.6) is 0 Å². The molecular formula is C8H17NO3. The smallest absolute Gasteiger partial charge is 0.246 e. The zero-order valence-corrected chi connectivity index (χ0v) is 7.67. The Labute approximate surface area is 72.9 Å². The molecule has 0 saturated heterocycles. The Morgan fingerprint density at radius 3 is 2.83 bits per heavy atom. The Morgan fingerprint density at radius 1 is 1.67 bits per heavy atom. The minimum atomic E-state index is -0.192. The van der Waals surface area contributed by atoms with Gasteiger partial charge < -0.3 is 15.2 Å².